The highest BCUT2D eigenvalue weighted by molar-refractivity contribution is 6.74. The number of ether oxygens (including phenoxy) is 3. The number of hydrogen-bond donors (Lipinski definition) is 1. The van der Waals surface area contributed by atoms with Crippen molar-refractivity contribution in [2.45, 2.75) is 160 Å². The first-order chi connectivity index (χ1) is 29.2. The molecule has 0 amide bonds. The topological polar surface area (TPSA) is 131 Å². The summed E-state index contributed by atoms with van der Waals surface area (Å²) < 4.78 is 35.8. The number of aliphatic hydroxyl groups excluding tert-OH is 1. The molecule has 1 aliphatic heterocycles. The SMILES string of the molecule is COc1ccc(Cn2c(=O)ccn([C@@H]3O[C@H]([C@@H](O)[C@@H](C(=O)OC(C)(C)C)N(Cc4ccccc4)Cc4ccccc4)C(O[Si](C)(C)C(C)(C)C)C3O[Si](C)(C)C(C)(C)C)c2=O)cc1. The van der Waals surface area contributed by atoms with Crippen molar-refractivity contribution in [1.29, 1.82) is 0 Å². The molecule has 14 heteroatoms. The molecule has 63 heavy (non-hydrogen) atoms. The Kier molecular flexibility index (Phi) is 15.4. The number of benzene rings is 3. The van der Waals surface area contributed by atoms with Crippen LogP contribution in [0.2, 0.25) is 36.3 Å². The molecule has 0 bridgehead atoms. The maximum absolute atomic E-state index is 14.8. The first kappa shape index (κ1) is 49.9. The standard InChI is InChI=1S/C49H71N3O9Si2/c1-47(2,3)59-45(55)39(50(31-34-21-17-15-18-22-34)32-35-23-19-16-20-24-35)40(54)41-42(60-62(11,12)48(4,5)6)43(61-63(13,14)49(7,8)9)44(58-41)51-30-29-38(53)52(46(51)56)33-36-25-27-37(57-10)28-26-36/h15-30,39-44,54H,31-33H2,1-14H3/t39-,40-,41+,42?,43?,44+/m0/s1. The Morgan fingerprint density at radius 2 is 1.22 bits per heavy atom. The molecule has 2 heterocycles. The Hall–Kier alpha value is -4.16. The van der Waals surface area contributed by atoms with Crippen LogP contribution in [0.1, 0.15) is 85.2 Å². The van der Waals surface area contributed by atoms with Crippen molar-refractivity contribution in [2.75, 3.05) is 7.11 Å². The predicted octanol–water partition coefficient (Wildman–Crippen LogP) is 8.52. The molecule has 1 aliphatic rings. The second-order valence-corrected chi connectivity index (χ2v) is 30.3. The molecule has 4 aromatic rings. The number of aromatic nitrogens is 2. The number of aliphatic hydroxyl groups is 1. The third-order valence-corrected chi connectivity index (χ3v) is 21.7. The molecule has 6 atom stereocenters. The highest BCUT2D eigenvalue weighted by atomic mass is 28.4. The van der Waals surface area contributed by atoms with Crippen molar-refractivity contribution in [3.63, 3.8) is 0 Å². The Morgan fingerprint density at radius 3 is 1.68 bits per heavy atom. The quantitative estimate of drug-likeness (QED) is 0.0863. The Balaban J connectivity index is 1.74. The van der Waals surface area contributed by atoms with Crippen LogP contribution < -0.4 is 16.0 Å². The summed E-state index contributed by atoms with van der Waals surface area (Å²) in [6.07, 6.45) is -4.41. The van der Waals surface area contributed by atoms with Gasteiger partial charge in [0.1, 0.15) is 41.8 Å². The minimum Gasteiger partial charge on any atom is -0.497 e. The molecule has 1 aromatic heterocycles. The summed E-state index contributed by atoms with van der Waals surface area (Å²) in [7, 11) is -3.87. The number of esters is 1. The molecule has 0 saturated carbocycles. The summed E-state index contributed by atoms with van der Waals surface area (Å²) in [4.78, 5) is 45.0. The van der Waals surface area contributed by atoms with E-state index in [1.807, 2.05) is 65.6 Å². The van der Waals surface area contributed by atoms with Gasteiger partial charge in [-0.05, 0) is 85.9 Å². The van der Waals surface area contributed by atoms with Gasteiger partial charge in [0.05, 0.1) is 13.7 Å². The average molecular weight is 902 g/mol. The van der Waals surface area contributed by atoms with Crippen LogP contribution in [0.15, 0.2) is 107 Å². The Morgan fingerprint density at radius 1 is 0.730 bits per heavy atom. The van der Waals surface area contributed by atoms with Crippen LogP contribution in [0.4, 0.5) is 0 Å². The first-order valence-corrected chi connectivity index (χ1v) is 27.7. The van der Waals surface area contributed by atoms with Gasteiger partial charge in [0.25, 0.3) is 5.56 Å². The number of methoxy groups -OCH3 is 1. The van der Waals surface area contributed by atoms with E-state index in [1.54, 1.807) is 52.1 Å². The molecule has 1 N–H and O–H groups in total. The molecule has 12 nitrogen and oxygen atoms in total. The van der Waals surface area contributed by atoms with Gasteiger partial charge in [0, 0.05) is 25.4 Å². The fraction of sp³-hybridized carbons (Fsp3) is 0.531. The van der Waals surface area contributed by atoms with Crippen LogP contribution in [0, 0.1) is 0 Å². The maximum Gasteiger partial charge on any atom is 0.333 e. The number of hydrogen-bond acceptors (Lipinski definition) is 10. The Bertz CT molecular complexity index is 2200. The lowest BCUT2D eigenvalue weighted by Crippen LogP contribution is -2.59. The number of carbonyl (C=O) groups is 1. The van der Waals surface area contributed by atoms with E-state index in [1.165, 1.54) is 16.8 Å². The second-order valence-electron chi connectivity index (χ2n) is 20.8. The van der Waals surface area contributed by atoms with Gasteiger partial charge < -0.3 is 28.2 Å². The minimum absolute atomic E-state index is 0.00637. The van der Waals surface area contributed by atoms with E-state index < -0.39 is 76.1 Å². The molecule has 2 unspecified atom stereocenters. The van der Waals surface area contributed by atoms with Crippen LogP contribution in [0.5, 0.6) is 5.75 Å². The van der Waals surface area contributed by atoms with Gasteiger partial charge in [-0.1, -0.05) is 114 Å². The number of rotatable bonds is 16. The third kappa shape index (κ3) is 12.2. The average Bonchev–Trinajstić information content (AvgIpc) is 3.51. The van der Waals surface area contributed by atoms with Crippen molar-refractivity contribution < 1.29 is 33.0 Å². The van der Waals surface area contributed by atoms with E-state index in [9.17, 15) is 19.5 Å². The van der Waals surface area contributed by atoms with Crippen molar-refractivity contribution >= 4 is 22.6 Å². The molecule has 344 valence electrons. The van der Waals surface area contributed by atoms with Crippen molar-refractivity contribution in [3.8, 4) is 5.75 Å². The smallest absolute Gasteiger partial charge is 0.333 e. The molecule has 0 aliphatic carbocycles. The lowest BCUT2D eigenvalue weighted by atomic mass is 9.97. The summed E-state index contributed by atoms with van der Waals surface area (Å²) in [5, 5.41) is 12.6. The second kappa shape index (κ2) is 19.5. The van der Waals surface area contributed by atoms with E-state index in [0.717, 1.165) is 21.3 Å². The van der Waals surface area contributed by atoms with Crippen LogP contribution in [0.3, 0.4) is 0 Å². The van der Waals surface area contributed by atoms with E-state index in [-0.39, 0.29) is 16.6 Å². The summed E-state index contributed by atoms with van der Waals surface area (Å²) in [5.74, 6) is 0.0155. The maximum atomic E-state index is 14.8. The normalized spacial score (nSPS) is 19.8. The van der Waals surface area contributed by atoms with E-state index in [0.29, 0.717) is 18.8 Å². The zero-order chi connectivity index (χ0) is 46.7. The Labute approximate surface area is 376 Å². The zero-order valence-electron chi connectivity index (χ0n) is 39.9. The lowest BCUT2D eigenvalue weighted by molar-refractivity contribution is -0.175. The van der Waals surface area contributed by atoms with Crippen LogP contribution in [-0.4, -0.2) is 84.9 Å². The molecule has 1 saturated heterocycles. The van der Waals surface area contributed by atoms with E-state index in [4.69, 9.17) is 23.1 Å². The summed E-state index contributed by atoms with van der Waals surface area (Å²) in [6.45, 7) is 27.2. The van der Waals surface area contributed by atoms with Crippen molar-refractivity contribution in [3.05, 3.63) is 135 Å². The number of nitrogens with zero attached hydrogens (tertiary/aromatic N) is 3. The van der Waals surface area contributed by atoms with Crippen molar-refractivity contribution in [2.24, 2.45) is 0 Å². The van der Waals surface area contributed by atoms with Crippen LogP contribution >= 0.6 is 0 Å². The third-order valence-electron chi connectivity index (χ3n) is 12.7. The van der Waals surface area contributed by atoms with Crippen LogP contribution in [0.25, 0.3) is 0 Å². The van der Waals surface area contributed by atoms with Gasteiger partial charge in [-0.15, -0.1) is 0 Å². The lowest BCUT2D eigenvalue weighted by Gasteiger charge is -2.45. The van der Waals surface area contributed by atoms with Gasteiger partial charge in [0.2, 0.25) is 0 Å². The fourth-order valence-electron chi connectivity index (χ4n) is 7.18. The fourth-order valence-corrected chi connectivity index (χ4v) is 9.76. The molecule has 0 radical (unpaired) electrons. The van der Waals surface area contributed by atoms with Gasteiger partial charge in [-0.2, -0.15) is 0 Å². The molecule has 5 rings (SSSR count). The molecule has 1 fully saturated rings. The monoisotopic (exact) mass is 901 g/mol. The highest BCUT2D eigenvalue weighted by Crippen LogP contribution is 2.46. The van der Waals surface area contributed by atoms with E-state index >= 15 is 0 Å². The molecule has 0 spiro atoms. The molecular weight excluding hydrogens is 831 g/mol. The van der Waals surface area contributed by atoms with E-state index in [2.05, 4.69) is 67.7 Å². The van der Waals surface area contributed by atoms with Crippen molar-refractivity contribution in [1.82, 2.24) is 14.0 Å². The summed E-state index contributed by atoms with van der Waals surface area (Å²) >= 11 is 0. The molecule has 3 aromatic carbocycles. The first-order valence-electron chi connectivity index (χ1n) is 21.9. The summed E-state index contributed by atoms with van der Waals surface area (Å²) in [5.41, 5.74) is 0.581. The van der Waals surface area contributed by atoms with Crippen LogP contribution in [-0.2, 0) is 42.8 Å². The van der Waals surface area contributed by atoms with Gasteiger partial charge in [-0.3, -0.25) is 23.6 Å². The minimum atomic E-state index is -2.73. The zero-order valence-corrected chi connectivity index (χ0v) is 41.9. The molecular formula is C49H71N3O9Si2. The summed E-state index contributed by atoms with van der Waals surface area (Å²) in [6, 6.07) is 26.8. The predicted molar refractivity (Wildman–Crippen MR) is 253 cm³/mol. The van der Waals surface area contributed by atoms with Gasteiger partial charge in [0.15, 0.2) is 22.9 Å². The number of carbonyl (C=O) groups excluding carboxylic acids is 1. The highest BCUT2D eigenvalue weighted by Gasteiger charge is 2.58. The largest absolute Gasteiger partial charge is 0.497 e. The van der Waals surface area contributed by atoms with Gasteiger partial charge >= 0.3 is 11.7 Å². The van der Waals surface area contributed by atoms with Gasteiger partial charge in [-0.25, -0.2) is 4.79 Å².